The van der Waals surface area contributed by atoms with Crippen LogP contribution < -0.4 is 20.5 Å². The third-order valence-corrected chi connectivity index (χ3v) is 4.86. The lowest BCUT2D eigenvalue weighted by molar-refractivity contribution is -0.125. The van der Waals surface area contributed by atoms with Crippen LogP contribution in [-0.2, 0) is 9.53 Å². The average Bonchev–Trinajstić information content (AvgIpc) is 3.21. The largest absolute Gasteiger partial charge is 0.497 e. The van der Waals surface area contributed by atoms with Gasteiger partial charge in [0.2, 0.25) is 5.91 Å². The molecule has 27 heavy (non-hydrogen) atoms. The molecule has 0 saturated carbocycles. The van der Waals surface area contributed by atoms with Gasteiger partial charge < -0.3 is 25.3 Å². The summed E-state index contributed by atoms with van der Waals surface area (Å²) in [6, 6.07) is 15.1. The lowest BCUT2D eigenvalue weighted by Crippen LogP contribution is -2.35. The van der Waals surface area contributed by atoms with E-state index in [4.69, 9.17) is 19.9 Å². The Bertz CT molecular complexity index is 733. The standard InChI is InChI=1S/C21H26N2O4/c1-25-17-7-3-5-14(9-17)20(15-6-4-8-18(10-15)26-2)23-21(24)16-11-19(12-22)27-13-16/h3-10,16,19-20H,11-13,22H2,1-2H3,(H,23,24). The van der Waals surface area contributed by atoms with Gasteiger partial charge in [0.25, 0.3) is 0 Å². The molecule has 1 amide bonds. The molecule has 2 unspecified atom stereocenters. The normalized spacial score (nSPS) is 19.1. The van der Waals surface area contributed by atoms with Crippen molar-refractivity contribution in [1.29, 1.82) is 0 Å². The summed E-state index contributed by atoms with van der Waals surface area (Å²) in [7, 11) is 3.25. The number of benzene rings is 2. The van der Waals surface area contributed by atoms with Crippen LogP contribution in [0.2, 0.25) is 0 Å². The number of hydrogen-bond donors (Lipinski definition) is 2. The first-order chi connectivity index (χ1) is 13.1. The zero-order valence-corrected chi connectivity index (χ0v) is 15.7. The maximum absolute atomic E-state index is 12.9. The molecular weight excluding hydrogens is 344 g/mol. The molecule has 0 spiro atoms. The molecule has 3 rings (SSSR count). The van der Waals surface area contributed by atoms with Gasteiger partial charge in [-0.15, -0.1) is 0 Å². The summed E-state index contributed by atoms with van der Waals surface area (Å²) < 4.78 is 16.3. The van der Waals surface area contributed by atoms with Crippen molar-refractivity contribution in [2.45, 2.75) is 18.6 Å². The van der Waals surface area contributed by atoms with E-state index in [1.807, 2.05) is 48.5 Å². The molecule has 0 aromatic heterocycles. The van der Waals surface area contributed by atoms with Crippen molar-refractivity contribution in [3.63, 3.8) is 0 Å². The smallest absolute Gasteiger partial charge is 0.226 e. The Morgan fingerprint density at radius 2 is 1.74 bits per heavy atom. The number of rotatable bonds is 7. The molecule has 144 valence electrons. The monoisotopic (exact) mass is 370 g/mol. The van der Waals surface area contributed by atoms with Crippen LogP contribution in [0.4, 0.5) is 0 Å². The summed E-state index contributed by atoms with van der Waals surface area (Å²) >= 11 is 0. The fraction of sp³-hybridized carbons (Fsp3) is 0.381. The van der Waals surface area contributed by atoms with Crippen LogP contribution in [0.15, 0.2) is 48.5 Å². The van der Waals surface area contributed by atoms with Crippen molar-refractivity contribution in [3.05, 3.63) is 59.7 Å². The van der Waals surface area contributed by atoms with E-state index in [9.17, 15) is 4.79 Å². The topological polar surface area (TPSA) is 82.8 Å². The molecule has 2 aromatic carbocycles. The Morgan fingerprint density at radius 3 is 2.22 bits per heavy atom. The molecule has 6 nitrogen and oxygen atoms in total. The summed E-state index contributed by atoms with van der Waals surface area (Å²) in [6.07, 6.45) is 0.596. The van der Waals surface area contributed by atoms with Crippen molar-refractivity contribution >= 4 is 5.91 Å². The first-order valence-corrected chi connectivity index (χ1v) is 9.04. The summed E-state index contributed by atoms with van der Waals surface area (Å²) in [6.45, 7) is 0.829. The molecule has 0 radical (unpaired) electrons. The van der Waals surface area contributed by atoms with Gasteiger partial charge >= 0.3 is 0 Å². The van der Waals surface area contributed by atoms with Crippen LogP contribution in [0, 0.1) is 5.92 Å². The van der Waals surface area contributed by atoms with Crippen LogP contribution >= 0.6 is 0 Å². The Balaban J connectivity index is 1.88. The highest BCUT2D eigenvalue weighted by Gasteiger charge is 2.31. The van der Waals surface area contributed by atoms with Crippen LogP contribution in [0.1, 0.15) is 23.6 Å². The van der Waals surface area contributed by atoms with E-state index in [0.29, 0.717) is 19.6 Å². The number of carbonyl (C=O) groups is 1. The zero-order valence-electron chi connectivity index (χ0n) is 15.7. The molecule has 2 atom stereocenters. The molecule has 0 bridgehead atoms. The minimum absolute atomic E-state index is 0.0402. The number of amides is 1. The van der Waals surface area contributed by atoms with Gasteiger partial charge in [0.15, 0.2) is 0 Å². The van der Waals surface area contributed by atoms with E-state index in [1.165, 1.54) is 0 Å². The van der Waals surface area contributed by atoms with Crippen molar-refractivity contribution < 1.29 is 19.0 Å². The van der Waals surface area contributed by atoms with Crippen LogP contribution in [0.3, 0.4) is 0 Å². The van der Waals surface area contributed by atoms with Gasteiger partial charge in [0.05, 0.1) is 38.9 Å². The first kappa shape index (κ1) is 19.2. The number of carbonyl (C=O) groups excluding carboxylic acids is 1. The molecular formula is C21H26N2O4. The molecule has 0 aliphatic carbocycles. The van der Waals surface area contributed by atoms with E-state index in [2.05, 4.69) is 5.32 Å². The summed E-state index contributed by atoms with van der Waals surface area (Å²) in [5, 5.41) is 3.17. The number of nitrogens with two attached hydrogens (primary N) is 1. The van der Waals surface area contributed by atoms with Gasteiger partial charge in [-0.2, -0.15) is 0 Å². The fourth-order valence-corrected chi connectivity index (χ4v) is 3.31. The van der Waals surface area contributed by atoms with E-state index in [1.54, 1.807) is 14.2 Å². The van der Waals surface area contributed by atoms with Gasteiger partial charge in [0.1, 0.15) is 11.5 Å². The maximum atomic E-state index is 12.9. The molecule has 1 aliphatic rings. The van der Waals surface area contributed by atoms with Gasteiger partial charge in [-0.25, -0.2) is 0 Å². The lowest BCUT2D eigenvalue weighted by Gasteiger charge is -2.22. The maximum Gasteiger partial charge on any atom is 0.226 e. The molecule has 1 fully saturated rings. The number of methoxy groups -OCH3 is 2. The van der Waals surface area contributed by atoms with Crippen LogP contribution in [-0.4, -0.2) is 39.4 Å². The Labute approximate surface area is 159 Å². The summed E-state index contributed by atoms with van der Waals surface area (Å²) in [5.41, 5.74) is 7.53. The van der Waals surface area contributed by atoms with Crippen molar-refractivity contribution in [2.75, 3.05) is 27.4 Å². The lowest BCUT2D eigenvalue weighted by atomic mass is 9.96. The number of ether oxygens (including phenoxy) is 3. The first-order valence-electron chi connectivity index (χ1n) is 9.04. The average molecular weight is 370 g/mol. The molecule has 6 heteroatoms. The molecule has 1 heterocycles. The second kappa shape index (κ2) is 8.88. The Morgan fingerprint density at radius 1 is 1.15 bits per heavy atom. The predicted octanol–water partition coefficient (Wildman–Crippen LogP) is 2.27. The van der Waals surface area contributed by atoms with E-state index >= 15 is 0 Å². The van der Waals surface area contributed by atoms with Crippen LogP contribution in [0.5, 0.6) is 11.5 Å². The van der Waals surface area contributed by atoms with E-state index < -0.39 is 0 Å². The quantitative estimate of drug-likeness (QED) is 0.781. The fourth-order valence-electron chi connectivity index (χ4n) is 3.31. The second-order valence-electron chi connectivity index (χ2n) is 6.62. The second-order valence-corrected chi connectivity index (χ2v) is 6.62. The van der Waals surface area contributed by atoms with E-state index in [-0.39, 0.29) is 24.0 Å². The Hall–Kier alpha value is -2.57. The van der Waals surface area contributed by atoms with Crippen LogP contribution in [0.25, 0.3) is 0 Å². The zero-order chi connectivity index (χ0) is 19.2. The van der Waals surface area contributed by atoms with Gasteiger partial charge in [0, 0.05) is 6.54 Å². The summed E-state index contributed by atoms with van der Waals surface area (Å²) in [4.78, 5) is 12.9. The van der Waals surface area contributed by atoms with Gasteiger partial charge in [-0.1, -0.05) is 24.3 Å². The van der Waals surface area contributed by atoms with E-state index in [0.717, 1.165) is 22.6 Å². The number of nitrogens with one attached hydrogen (secondary N) is 1. The molecule has 1 saturated heterocycles. The summed E-state index contributed by atoms with van der Waals surface area (Å²) in [5.74, 6) is 1.24. The third-order valence-electron chi connectivity index (χ3n) is 4.86. The third kappa shape index (κ3) is 4.59. The predicted molar refractivity (Wildman–Crippen MR) is 103 cm³/mol. The van der Waals surface area contributed by atoms with Crippen molar-refractivity contribution in [1.82, 2.24) is 5.32 Å². The Kier molecular flexibility index (Phi) is 6.32. The highest BCUT2D eigenvalue weighted by molar-refractivity contribution is 5.80. The van der Waals surface area contributed by atoms with Crippen molar-refractivity contribution in [3.8, 4) is 11.5 Å². The van der Waals surface area contributed by atoms with Gasteiger partial charge in [-0.05, 0) is 41.8 Å². The minimum Gasteiger partial charge on any atom is -0.497 e. The highest BCUT2D eigenvalue weighted by atomic mass is 16.5. The molecule has 2 aromatic rings. The van der Waals surface area contributed by atoms with Gasteiger partial charge in [-0.3, -0.25) is 4.79 Å². The molecule has 3 N–H and O–H groups in total. The minimum atomic E-state index is -0.320. The number of hydrogen-bond acceptors (Lipinski definition) is 5. The molecule has 1 aliphatic heterocycles. The van der Waals surface area contributed by atoms with Crippen molar-refractivity contribution in [2.24, 2.45) is 11.7 Å². The SMILES string of the molecule is COc1cccc(C(NC(=O)C2COC(CN)C2)c2cccc(OC)c2)c1. The highest BCUT2D eigenvalue weighted by Crippen LogP contribution is 2.29.